The summed E-state index contributed by atoms with van der Waals surface area (Å²) in [6, 6.07) is 16.5. The number of piperidine rings is 1. The largest absolute Gasteiger partial charge is 0.349 e. The molecule has 0 aromatic heterocycles. The summed E-state index contributed by atoms with van der Waals surface area (Å²) in [5.41, 5.74) is 1.76. The molecule has 6 heteroatoms. The Morgan fingerprint density at radius 2 is 1.81 bits per heavy atom. The Balaban J connectivity index is 1.56. The zero-order valence-corrected chi connectivity index (χ0v) is 16.1. The number of rotatable bonds is 4. The van der Waals surface area contributed by atoms with Crippen LogP contribution < -0.4 is 10.6 Å². The average Bonchev–Trinajstić information content (AvgIpc) is 2.69. The van der Waals surface area contributed by atoms with E-state index in [-0.39, 0.29) is 23.9 Å². The Morgan fingerprint density at radius 1 is 1.11 bits per heavy atom. The van der Waals surface area contributed by atoms with Crippen molar-refractivity contribution in [2.24, 2.45) is 5.92 Å². The molecule has 2 aromatic carbocycles. The standard InChI is InChI=1S/C21H24ClN3O2/c1-15(16-9-11-18(22)12-10-16)23-20(26)17-6-5-13-25(14-17)21(27)24-19-7-3-2-4-8-19/h2-4,7-12,15,17H,5-6,13-14H2,1H3,(H,23,26)(H,24,27). The molecule has 2 atom stereocenters. The van der Waals surface area contributed by atoms with Crippen LogP contribution in [0.5, 0.6) is 0 Å². The first-order chi connectivity index (χ1) is 13.0. The van der Waals surface area contributed by atoms with Gasteiger partial charge < -0.3 is 15.5 Å². The fourth-order valence-corrected chi connectivity index (χ4v) is 3.39. The maximum absolute atomic E-state index is 12.7. The van der Waals surface area contributed by atoms with E-state index in [0.29, 0.717) is 18.1 Å². The van der Waals surface area contributed by atoms with E-state index in [9.17, 15) is 9.59 Å². The molecule has 1 heterocycles. The van der Waals surface area contributed by atoms with Crippen molar-refractivity contribution in [3.05, 3.63) is 65.2 Å². The van der Waals surface area contributed by atoms with Crippen LogP contribution in [0.4, 0.5) is 10.5 Å². The third-order valence-corrected chi connectivity index (χ3v) is 5.09. The van der Waals surface area contributed by atoms with Gasteiger partial charge in [-0.1, -0.05) is 41.9 Å². The Hall–Kier alpha value is -2.53. The van der Waals surface area contributed by atoms with Crippen molar-refractivity contribution < 1.29 is 9.59 Å². The lowest BCUT2D eigenvalue weighted by atomic mass is 9.96. The summed E-state index contributed by atoms with van der Waals surface area (Å²) in [5.74, 6) is -0.218. The van der Waals surface area contributed by atoms with Crippen molar-refractivity contribution in [2.75, 3.05) is 18.4 Å². The molecule has 5 nitrogen and oxygen atoms in total. The van der Waals surface area contributed by atoms with Gasteiger partial charge >= 0.3 is 6.03 Å². The number of nitrogens with one attached hydrogen (secondary N) is 2. The summed E-state index contributed by atoms with van der Waals surface area (Å²) in [6.07, 6.45) is 1.60. The predicted molar refractivity (Wildman–Crippen MR) is 108 cm³/mol. The number of likely N-dealkylation sites (tertiary alicyclic amines) is 1. The number of hydrogen-bond acceptors (Lipinski definition) is 2. The molecule has 3 rings (SSSR count). The van der Waals surface area contributed by atoms with Gasteiger partial charge in [0.25, 0.3) is 0 Å². The maximum Gasteiger partial charge on any atom is 0.321 e. The number of benzene rings is 2. The summed E-state index contributed by atoms with van der Waals surface area (Å²) in [7, 11) is 0. The van der Waals surface area contributed by atoms with Crippen LogP contribution in [-0.2, 0) is 4.79 Å². The Kier molecular flexibility index (Phi) is 6.35. The Morgan fingerprint density at radius 3 is 2.52 bits per heavy atom. The van der Waals surface area contributed by atoms with Gasteiger partial charge in [-0.2, -0.15) is 0 Å². The lowest BCUT2D eigenvalue weighted by Crippen LogP contribution is -2.47. The molecule has 3 amide bonds. The van der Waals surface area contributed by atoms with Gasteiger partial charge in [-0.15, -0.1) is 0 Å². The second-order valence-corrected chi connectivity index (χ2v) is 7.30. The van der Waals surface area contributed by atoms with Crippen LogP contribution in [-0.4, -0.2) is 29.9 Å². The summed E-state index contributed by atoms with van der Waals surface area (Å²) >= 11 is 5.92. The molecule has 1 aliphatic rings. The fraction of sp³-hybridized carbons (Fsp3) is 0.333. The van der Waals surface area contributed by atoms with Crippen LogP contribution in [0.2, 0.25) is 5.02 Å². The van der Waals surface area contributed by atoms with Gasteiger partial charge in [0.05, 0.1) is 12.0 Å². The van der Waals surface area contributed by atoms with E-state index in [4.69, 9.17) is 11.6 Å². The van der Waals surface area contributed by atoms with Crippen LogP contribution in [0, 0.1) is 5.92 Å². The van der Waals surface area contributed by atoms with Gasteiger partial charge in [-0.05, 0) is 49.6 Å². The van der Waals surface area contributed by atoms with E-state index < -0.39 is 0 Å². The highest BCUT2D eigenvalue weighted by atomic mass is 35.5. The lowest BCUT2D eigenvalue weighted by molar-refractivity contribution is -0.126. The SMILES string of the molecule is CC(NC(=O)C1CCCN(C(=O)Nc2ccccc2)C1)c1ccc(Cl)cc1. The van der Waals surface area contributed by atoms with Gasteiger partial charge in [0.1, 0.15) is 0 Å². The third-order valence-electron chi connectivity index (χ3n) is 4.83. The molecule has 0 aliphatic carbocycles. The molecule has 142 valence electrons. The maximum atomic E-state index is 12.7. The predicted octanol–water partition coefficient (Wildman–Crippen LogP) is 4.46. The summed E-state index contributed by atoms with van der Waals surface area (Å²) in [4.78, 5) is 26.9. The molecule has 27 heavy (non-hydrogen) atoms. The number of amides is 3. The van der Waals surface area contributed by atoms with E-state index in [2.05, 4.69) is 10.6 Å². The molecular weight excluding hydrogens is 362 g/mol. The van der Waals surface area contributed by atoms with Gasteiger partial charge in [0, 0.05) is 23.8 Å². The van der Waals surface area contributed by atoms with Crippen LogP contribution in [0.3, 0.4) is 0 Å². The number of anilines is 1. The van der Waals surface area contributed by atoms with Crippen molar-refractivity contribution in [3.8, 4) is 0 Å². The normalized spacial score (nSPS) is 17.9. The Labute approximate surface area is 164 Å². The lowest BCUT2D eigenvalue weighted by Gasteiger charge is -2.32. The number of halogens is 1. The number of nitrogens with zero attached hydrogens (tertiary/aromatic N) is 1. The average molecular weight is 386 g/mol. The first-order valence-corrected chi connectivity index (χ1v) is 9.57. The Bertz CT molecular complexity index is 780. The number of carbonyl (C=O) groups excluding carboxylic acids is 2. The molecule has 0 spiro atoms. The fourth-order valence-electron chi connectivity index (χ4n) is 3.27. The highest BCUT2D eigenvalue weighted by Gasteiger charge is 2.29. The first-order valence-electron chi connectivity index (χ1n) is 9.20. The minimum absolute atomic E-state index is 0.0188. The van der Waals surface area contributed by atoms with E-state index in [1.54, 1.807) is 4.90 Å². The molecular formula is C21H24ClN3O2. The van der Waals surface area contributed by atoms with E-state index in [1.807, 2.05) is 61.5 Å². The molecule has 2 N–H and O–H groups in total. The molecule has 0 radical (unpaired) electrons. The highest BCUT2D eigenvalue weighted by Crippen LogP contribution is 2.21. The van der Waals surface area contributed by atoms with Gasteiger partial charge in [0.2, 0.25) is 5.91 Å². The topological polar surface area (TPSA) is 61.4 Å². The molecule has 2 unspecified atom stereocenters. The molecule has 1 saturated heterocycles. The van der Waals surface area contributed by atoms with Crippen LogP contribution >= 0.6 is 11.6 Å². The van der Waals surface area contributed by atoms with E-state index in [1.165, 1.54) is 0 Å². The second kappa shape index (κ2) is 8.91. The molecule has 0 bridgehead atoms. The number of urea groups is 1. The van der Waals surface area contributed by atoms with Crippen molar-refractivity contribution >= 4 is 29.2 Å². The number of hydrogen-bond donors (Lipinski definition) is 2. The minimum atomic E-state index is -0.199. The summed E-state index contributed by atoms with van der Waals surface area (Å²) in [5, 5.41) is 6.61. The highest BCUT2D eigenvalue weighted by molar-refractivity contribution is 6.30. The summed E-state index contributed by atoms with van der Waals surface area (Å²) < 4.78 is 0. The quantitative estimate of drug-likeness (QED) is 0.816. The number of carbonyl (C=O) groups is 2. The van der Waals surface area contributed by atoms with Gasteiger partial charge in [-0.25, -0.2) is 4.79 Å². The van der Waals surface area contributed by atoms with Gasteiger partial charge in [-0.3, -0.25) is 4.79 Å². The van der Waals surface area contributed by atoms with Crippen molar-refractivity contribution in [1.82, 2.24) is 10.2 Å². The second-order valence-electron chi connectivity index (χ2n) is 6.86. The third kappa shape index (κ3) is 5.23. The summed E-state index contributed by atoms with van der Waals surface area (Å²) in [6.45, 7) is 3.04. The molecule has 2 aromatic rings. The number of para-hydroxylation sites is 1. The zero-order chi connectivity index (χ0) is 19.2. The zero-order valence-electron chi connectivity index (χ0n) is 15.3. The van der Waals surface area contributed by atoms with E-state index in [0.717, 1.165) is 24.1 Å². The monoisotopic (exact) mass is 385 g/mol. The smallest absolute Gasteiger partial charge is 0.321 e. The van der Waals surface area contributed by atoms with Crippen LogP contribution in [0.25, 0.3) is 0 Å². The van der Waals surface area contributed by atoms with Crippen LogP contribution in [0.1, 0.15) is 31.4 Å². The van der Waals surface area contributed by atoms with Crippen molar-refractivity contribution in [3.63, 3.8) is 0 Å². The van der Waals surface area contributed by atoms with Crippen LogP contribution in [0.15, 0.2) is 54.6 Å². The molecule has 1 fully saturated rings. The molecule has 0 saturated carbocycles. The molecule has 1 aliphatic heterocycles. The van der Waals surface area contributed by atoms with Crippen molar-refractivity contribution in [2.45, 2.75) is 25.8 Å². The minimum Gasteiger partial charge on any atom is -0.349 e. The first kappa shape index (κ1) is 19.2. The van der Waals surface area contributed by atoms with E-state index >= 15 is 0 Å². The van der Waals surface area contributed by atoms with Crippen molar-refractivity contribution in [1.29, 1.82) is 0 Å². The van der Waals surface area contributed by atoms with Gasteiger partial charge in [0.15, 0.2) is 0 Å².